The van der Waals surface area contributed by atoms with Gasteiger partial charge in [-0.05, 0) is 53.0 Å². The fourth-order valence-corrected chi connectivity index (χ4v) is 5.95. The summed E-state index contributed by atoms with van der Waals surface area (Å²) in [4.78, 5) is 24.8. The van der Waals surface area contributed by atoms with E-state index in [-0.39, 0.29) is 44.0 Å². The molecule has 2 N–H and O–H groups in total. The van der Waals surface area contributed by atoms with Crippen LogP contribution in [0.25, 0.3) is 0 Å². The molecule has 184 valence electrons. The Balaban J connectivity index is 2.39. The fourth-order valence-electron chi connectivity index (χ4n) is 3.91. The number of cyclic esters (lactones) is 1. The fraction of sp³-hybridized carbons (Fsp3) is 0.565. The molecule has 1 amide bonds. The molecule has 0 saturated carbocycles. The molecule has 0 saturated heterocycles. The highest BCUT2D eigenvalue weighted by Gasteiger charge is 2.41. The summed E-state index contributed by atoms with van der Waals surface area (Å²) in [6.45, 7) is 9.54. The third-order valence-corrected chi connectivity index (χ3v) is 7.89. The van der Waals surface area contributed by atoms with Gasteiger partial charge in [-0.25, -0.2) is 4.79 Å². The zero-order chi connectivity index (χ0) is 24.8. The second-order valence-corrected chi connectivity index (χ2v) is 9.88. The maximum atomic E-state index is 13.4. The van der Waals surface area contributed by atoms with Crippen LogP contribution >= 0.6 is 7.60 Å². The molecule has 1 atom stereocenters. The third-order valence-electron chi connectivity index (χ3n) is 5.47. The van der Waals surface area contributed by atoms with Crippen molar-refractivity contribution in [3.8, 4) is 11.5 Å². The van der Waals surface area contributed by atoms with Crippen molar-refractivity contribution in [1.29, 1.82) is 0 Å². The molecular weight excluding hydrogens is 449 g/mol. The number of nitrogens with one attached hydrogen (secondary N) is 1. The number of methoxy groups -OCH3 is 1. The minimum Gasteiger partial charge on any atom is -0.507 e. The van der Waals surface area contributed by atoms with E-state index in [1.165, 1.54) is 7.11 Å². The standard InChI is InChI=1S/C23H34NO8P/c1-7-24-22(26)18(33(28,31-8-2)32-9-3)12-14(4)10-11-16-20(25)19-17(13-30-23(19)27)15(5)21(16)29-6/h10,18,25H,7-9,11-13H2,1-6H3,(H,24,26)/b14-10+. The van der Waals surface area contributed by atoms with Crippen molar-refractivity contribution in [1.82, 2.24) is 5.32 Å². The molecule has 0 fully saturated rings. The molecule has 2 rings (SSSR count). The minimum absolute atomic E-state index is 0.0947. The molecule has 9 nitrogen and oxygen atoms in total. The Bertz CT molecular complexity index is 962. The SMILES string of the molecule is CCNC(=O)C(C/C(C)=C/Cc1c(O)c2c(c(C)c1OC)COC2=O)P(=O)(OCC)OCC. The largest absolute Gasteiger partial charge is 0.507 e. The quantitative estimate of drug-likeness (QED) is 0.260. The summed E-state index contributed by atoms with van der Waals surface area (Å²) in [5, 5.41) is 13.5. The van der Waals surface area contributed by atoms with Crippen LogP contribution in [0.1, 0.15) is 61.2 Å². The highest BCUT2D eigenvalue weighted by molar-refractivity contribution is 7.55. The van der Waals surface area contributed by atoms with Crippen molar-refractivity contribution in [3.63, 3.8) is 0 Å². The van der Waals surface area contributed by atoms with Crippen LogP contribution in [0.15, 0.2) is 11.6 Å². The zero-order valence-corrected chi connectivity index (χ0v) is 21.0. The number of benzene rings is 1. The van der Waals surface area contributed by atoms with Crippen molar-refractivity contribution >= 4 is 19.5 Å². The molecule has 1 unspecified atom stereocenters. The Labute approximate surface area is 195 Å². The molecule has 1 aromatic rings. The van der Waals surface area contributed by atoms with Crippen molar-refractivity contribution in [3.05, 3.63) is 33.9 Å². The van der Waals surface area contributed by atoms with Gasteiger partial charge >= 0.3 is 13.6 Å². The van der Waals surface area contributed by atoms with Gasteiger partial charge < -0.3 is 28.9 Å². The maximum absolute atomic E-state index is 13.4. The second kappa shape index (κ2) is 11.7. The number of allylic oxidation sites excluding steroid dienone is 2. The van der Waals surface area contributed by atoms with E-state index in [2.05, 4.69) is 5.32 Å². The first-order valence-electron chi connectivity index (χ1n) is 11.0. The summed E-state index contributed by atoms with van der Waals surface area (Å²) >= 11 is 0. The van der Waals surface area contributed by atoms with E-state index >= 15 is 0 Å². The van der Waals surface area contributed by atoms with Crippen LogP contribution in [0.4, 0.5) is 0 Å². The molecule has 0 spiro atoms. The summed E-state index contributed by atoms with van der Waals surface area (Å²) < 4.78 is 34.8. The number of rotatable bonds is 12. The lowest BCUT2D eigenvalue weighted by Crippen LogP contribution is -2.35. The number of phenols is 1. The molecular formula is C23H34NO8P. The second-order valence-electron chi connectivity index (χ2n) is 7.66. The molecule has 1 aliphatic heterocycles. The van der Waals surface area contributed by atoms with E-state index in [0.29, 0.717) is 23.4 Å². The number of carbonyl (C=O) groups is 2. The number of hydrogen-bond donors (Lipinski definition) is 2. The topological polar surface area (TPSA) is 120 Å². The molecule has 0 bridgehead atoms. The highest BCUT2D eigenvalue weighted by atomic mass is 31.2. The van der Waals surface area contributed by atoms with Crippen LogP contribution in [-0.2, 0) is 36.2 Å². The van der Waals surface area contributed by atoms with Crippen molar-refractivity contribution in [2.75, 3.05) is 26.9 Å². The van der Waals surface area contributed by atoms with Gasteiger partial charge in [-0.3, -0.25) is 9.36 Å². The molecule has 33 heavy (non-hydrogen) atoms. The molecule has 0 radical (unpaired) electrons. The number of fused-ring (bicyclic) bond motifs is 1. The normalized spacial score (nSPS) is 14.6. The first kappa shape index (κ1) is 26.9. The van der Waals surface area contributed by atoms with Gasteiger partial charge in [0.1, 0.15) is 29.3 Å². The number of esters is 1. The summed E-state index contributed by atoms with van der Waals surface area (Å²) in [7, 11) is -2.21. The van der Waals surface area contributed by atoms with Crippen LogP contribution in [0.2, 0.25) is 0 Å². The van der Waals surface area contributed by atoms with Gasteiger partial charge in [-0.2, -0.15) is 0 Å². The average molecular weight is 483 g/mol. The van der Waals surface area contributed by atoms with Crippen LogP contribution in [-0.4, -0.2) is 49.5 Å². The van der Waals surface area contributed by atoms with Gasteiger partial charge in [0, 0.05) is 17.7 Å². The molecule has 10 heteroatoms. The van der Waals surface area contributed by atoms with Gasteiger partial charge in [0.25, 0.3) is 0 Å². The number of ether oxygens (including phenoxy) is 2. The lowest BCUT2D eigenvalue weighted by Gasteiger charge is -2.25. The number of phenolic OH excluding ortho intramolecular Hbond substituents is 1. The van der Waals surface area contributed by atoms with Crippen LogP contribution < -0.4 is 10.1 Å². The first-order chi connectivity index (χ1) is 15.6. The number of carbonyl (C=O) groups excluding carboxylic acids is 2. The smallest absolute Gasteiger partial charge is 0.343 e. The van der Waals surface area contributed by atoms with E-state index < -0.39 is 25.1 Å². The third kappa shape index (κ3) is 5.78. The first-order valence-corrected chi connectivity index (χ1v) is 12.7. The van der Waals surface area contributed by atoms with E-state index in [9.17, 15) is 19.3 Å². The highest BCUT2D eigenvalue weighted by Crippen LogP contribution is 2.55. The van der Waals surface area contributed by atoms with E-state index in [4.69, 9.17) is 18.5 Å². The summed E-state index contributed by atoms with van der Waals surface area (Å²) in [6.07, 6.45) is 2.17. The minimum atomic E-state index is -3.70. The van der Waals surface area contributed by atoms with Crippen LogP contribution in [0, 0.1) is 6.92 Å². The van der Waals surface area contributed by atoms with Crippen molar-refractivity contribution < 1.29 is 37.8 Å². The Kier molecular flexibility index (Phi) is 9.52. The van der Waals surface area contributed by atoms with Crippen molar-refractivity contribution in [2.24, 2.45) is 0 Å². The number of hydrogen-bond acceptors (Lipinski definition) is 8. The Hall–Kier alpha value is -2.35. The maximum Gasteiger partial charge on any atom is 0.343 e. The molecule has 0 aromatic heterocycles. The molecule has 1 aliphatic rings. The molecule has 0 aliphatic carbocycles. The lowest BCUT2D eigenvalue weighted by atomic mass is 9.94. The molecule has 1 heterocycles. The number of aromatic hydroxyl groups is 1. The van der Waals surface area contributed by atoms with Gasteiger partial charge in [-0.1, -0.05) is 11.6 Å². The van der Waals surface area contributed by atoms with Crippen molar-refractivity contribution in [2.45, 2.75) is 59.7 Å². The Morgan fingerprint density at radius 3 is 2.45 bits per heavy atom. The predicted molar refractivity (Wildman–Crippen MR) is 124 cm³/mol. The number of amides is 1. The Morgan fingerprint density at radius 2 is 1.91 bits per heavy atom. The van der Waals surface area contributed by atoms with Gasteiger partial charge in [0.15, 0.2) is 0 Å². The van der Waals surface area contributed by atoms with E-state index in [0.717, 1.165) is 11.1 Å². The average Bonchev–Trinajstić information content (AvgIpc) is 3.15. The zero-order valence-electron chi connectivity index (χ0n) is 20.1. The Morgan fingerprint density at radius 1 is 1.27 bits per heavy atom. The van der Waals surface area contributed by atoms with Crippen LogP contribution in [0.5, 0.6) is 11.5 Å². The summed E-state index contributed by atoms with van der Waals surface area (Å²) in [6, 6.07) is 0. The molecule has 1 aromatic carbocycles. The van der Waals surface area contributed by atoms with E-state index in [1.807, 2.05) is 6.92 Å². The van der Waals surface area contributed by atoms with Gasteiger partial charge in [-0.15, -0.1) is 0 Å². The summed E-state index contributed by atoms with van der Waals surface area (Å²) in [5.74, 6) is -0.676. The van der Waals surface area contributed by atoms with Gasteiger partial charge in [0.05, 0.1) is 20.3 Å². The van der Waals surface area contributed by atoms with Gasteiger partial charge in [0.2, 0.25) is 5.91 Å². The van der Waals surface area contributed by atoms with Crippen LogP contribution in [0.3, 0.4) is 0 Å². The summed E-state index contributed by atoms with van der Waals surface area (Å²) in [5.41, 5.74) is 1.68. The predicted octanol–water partition coefficient (Wildman–Crippen LogP) is 4.03. The monoisotopic (exact) mass is 483 g/mol. The van der Waals surface area contributed by atoms with E-state index in [1.54, 1.807) is 33.8 Å². The lowest BCUT2D eigenvalue weighted by molar-refractivity contribution is -0.121.